The van der Waals surface area contributed by atoms with E-state index in [1.54, 1.807) is 0 Å². The Hall–Kier alpha value is -1.30. The maximum Gasteiger partial charge on any atom is 0.0682 e. The van der Waals surface area contributed by atoms with E-state index in [0.717, 1.165) is 11.1 Å². The van der Waals surface area contributed by atoms with Crippen molar-refractivity contribution in [3.05, 3.63) is 35.4 Å². The summed E-state index contributed by atoms with van der Waals surface area (Å²) in [5.41, 5.74) is 7.13. The highest BCUT2D eigenvalue weighted by atomic mass is 16.3. The van der Waals surface area contributed by atoms with Crippen LogP contribution in [0.5, 0.6) is 0 Å². The van der Waals surface area contributed by atoms with E-state index in [1.165, 1.54) is 0 Å². The first-order valence-electron chi connectivity index (χ1n) is 4.25. The van der Waals surface area contributed by atoms with Gasteiger partial charge in [-0.05, 0) is 17.7 Å². The van der Waals surface area contributed by atoms with Crippen molar-refractivity contribution in [2.24, 2.45) is 5.73 Å². The van der Waals surface area contributed by atoms with Gasteiger partial charge in [-0.3, -0.25) is 0 Å². The average molecular weight is 175 g/mol. The Balaban J connectivity index is 2.73. The summed E-state index contributed by atoms with van der Waals surface area (Å²) in [5, 5.41) is 8.87. The van der Waals surface area contributed by atoms with Gasteiger partial charge in [0.1, 0.15) is 0 Å². The molecule has 0 amide bonds. The number of nitrogens with two attached hydrogens (primary N) is 1. The van der Waals surface area contributed by atoms with Crippen LogP contribution in [-0.2, 0) is 6.61 Å². The summed E-state index contributed by atoms with van der Waals surface area (Å²) in [6.45, 7) is 0.652. The molecule has 0 unspecified atom stereocenters. The standard InChI is InChI=1S/C11H13NO/c12-7-2-1-4-10-5-3-6-11(8-10)9-13/h3,5-6,8,13H,2,7,9,12H2. The van der Waals surface area contributed by atoms with Crippen LogP contribution in [0.1, 0.15) is 17.5 Å². The van der Waals surface area contributed by atoms with E-state index >= 15 is 0 Å². The summed E-state index contributed by atoms with van der Waals surface area (Å²) in [4.78, 5) is 0. The third-order valence-electron chi connectivity index (χ3n) is 1.61. The monoisotopic (exact) mass is 175 g/mol. The second-order valence-corrected chi connectivity index (χ2v) is 2.70. The lowest BCUT2D eigenvalue weighted by Crippen LogP contribution is -1.95. The lowest BCUT2D eigenvalue weighted by Gasteiger charge is -1.95. The topological polar surface area (TPSA) is 46.2 Å². The molecule has 2 heteroatoms. The van der Waals surface area contributed by atoms with Gasteiger partial charge in [0.05, 0.1) is 6.61 Å². The van der Waals surface area contributed by atoms with Crippen molar-refractivity contribution in [3.63, 3.8) is 0 Å². The first-order valence-corrected chi connectivity index (χ1v) is 4.25. The maximum atomic E-state index is 8.87. The van der Waals surface area contributed by atoms with Crippen molar-refractivity contribution in [3.8, 4) is 11.8 Å². The quantitative estimate of drug-likeness (QED) is 0.655. The first-order chi connectivity index (χ1) is 6.36. The molecule has 1 aromatic rings. The molecule has 0 radical (unpaired) electrons. The minimum atomic E-state index is 0.0619. The Morgan fingerprint density at radius 2 is 2.23 bits per heavy atom. The zero-order valence-electron chi connectivity index (χ0n) is 7.46. The van der Waals surface area contributed by atoms with Crippen molar-refractivity contribution in [1.29, 1.82) is 0 Å². The minimum Gasteiger partial charge on any atom is -0.392 e. The smallest absolute Gasteiger partial charge is 0.0682 e. The molecule has 0 aliphatic carbocycles. The van der Waals surface area contributed by atoms with Crippen molar-refractivity contribution in [1.82, 2.24) is 0 Å². The summed E-state index contributed by atoms with van der Waals surface area (Å²) in [6.07, 6.45) is 0.712. The van der Waals surface area contributed by atoms with Crippen molar-refractivity contribution in [2.45, 2.75) is 13.0 Å². The highest BCUT2D eigenvalue weighted by molar-refractivity contribution is 5.36. The molecule has 3 N–H and O–H groups in total. The molecule has 2 nitrogen and oxygen atoms in total. The molecule has 0 fully saturated rings. The molecule has 0 spiro atoms. The molecule has 0 aliphatic rings. The summed E-state index contributed by atoms with van der Waals surface area (Å²) >= 11 is 0. The van der Waals surface area contributed by atoms with E-state index in [2.05, 4.69) is 11.8 Å². The van der Waals surface area contributed by atoms with Gasteiger partial charge in [0.25, 0.3) is 0 Å². The second kappa shape index (κ2) is 5.36. The number of benzene rings is 1. The Labute approximate surface area is 78.4 Å². The molecule has 13 heavy (non-hydrogen) atoms. The normalized spacial score (nSPS) is 9.08. The molecular weight excluding hydrogens is 162 g/mol. The number of rotatable bonds is 2. The van der Waals surface area contributed by atoms with E-state index in [1.807, 2.05) is 24.3 Å². The highest BCUT2D eigenvalue weighted by Crippen LogP contribution is 2.03. The largest absolute Gasteiger partial charge is 0.392 e. The maximum absolute atomic E-state index is 8.87. The van der Waals surface area contributed by atoms with Gasteiger partial charge in [-0.1, -0.05) is 24.0 Å². The summed E-state index contributed by atoms with van der Waals surface area (Å²) in [6, 6.07) is 7.55. The van der Waals surface area contributed by atoms with Crippen LogP contribution in [0.4, 0.5) is 0 Å². The zero-order chi connectivity index (χ0) is 9.52. The van der Waals surface area contributed by atoms with E-state index in [-0.39, 0.29) is 6.61 Å². The number of hydrogen-bond donors (Lipinski definition) is 2. The summed E-state index contributed by atoms with van der Waals surface area (Å²) < 4.78 is 0. The predicted molar refractivity (Wildman–Crippen MR) is 52.9 cm³/mol. The zero-order valence-corrected chi connectivity index (χ0v) is 7.46. The minimum absolute atomic E-state index is 0.0619. The number of aliphatic hydroxyl groups excluding tert-OH is 1. The second-order valence-electron chi connectivity index (χ2n) is 2.70. The Kier molecular flexibility index (Phi) is 4.04. The molecule has 0 aromatic heterocycles. The van der Waals surface area contributed by atoms with Crippen LogP contribution in [0, 0.1) is 11.8 Å². The van der Waals surface area contributed by atoms with Crippen LogP contribution in [0.2, 0.25) is 0 Å². The third kappa shape index (κ3) is 3.29. The van der Waals surface area contributed by atoms with E-state index in [9.17, 15) is 0 Å². The highest BCUT2D eigenvalue weighted by Gasteiger charge is 1.90. The fourth-order valence-electron chi connectivity index (χ4n) is 0.984. The van der Waals surface area contributed by atoms with Crippen LogP contribution < -0.4 is 5.73 Å². The Bertz CT molecular complexity index is 322. The summed E-state index contributed by atoms with van der Waals surface area (Å²) in [5.74, 6) is 5.93. The Morgan fingerprint density at radius 3 is 2.92 bits per heavy atom. The fourth-order valence-corrected chi connectivity index (χ4v) is 0.984. The first kappa shape index (κ1) is 9.79. The molecule has 0 heterocycles. The number of hydrogen-bond acceptors (Lipinski definition) is 2. The van der Waals surface area contributed by atoms with E-state index in [4.69, 9.17) is 10.8 Å². The summed E-state index contributed by atoms with van der Waals surface area (Å²) in [7, 11) is 0. The van der Waals surface area contributed by atoms with Crippen molar-refractivity contribution in [2.75, 3.05) is 6.54 Å². The van der Waals surface area contributed by atoms with Gasteiger partial charge in [0, 0.05) is 18.5 Å². The van der Waals surface area contributed by atoms with Gasteiger partial charge >= 0.3 is 0 Å². The molecule has 1 aromatic carbocycles. The van der Waals surface area contributed by atoms with Gasteiger partial charge in [-0.2, -0.15) is 0 Å². The molecule has 1 rings (SSSR count). The molecular formula is C11H13NO. The SMILES string of the molecule is NCCC#Cc1cccc(CO)c1. The molecule has 0 aliphatic heterocycles. The van der Waals surface area contributed by atoms with Crippen molar-refractivity contribution < 1.29 is 5.11 Å². The molecule has 0 saturated carbocycles. The molecule has 0 atom stereocenters. The fraction of sp³-hybridized carbons (Fsp3) is 0.273. The van der Waals surface area contributed by atoms with Crippen LogP contribution >= 0.6 is 0 Å². The predicted octanol–water partition coefficient (Wildman–Crippen LogP) is 0.879. The van der Waals surface area contributed by atoms with Gasteiger partial charge in [0.15, 0.2) is 0 Å². The average Bonchev–Trinajstić information content (AvgIpc) is 2.19. The van der Waals surface area contributed by atoms with Crippen molar-refractivity contribution >= 4 is 0 Å². The number of aliphatic hydroxyl groups is 1. The van der Waals surface area contributed by atoms with Gasteiger partial charge in [-0.15, -0.1) is 0 Å². The van der Waals surface area contributed by atoms with E-state index < -0.39 is 0 Å². The van der Waals surface area contributed by atoms with Gasteiger partial charge in [0.2, 0.25) is 0 Å². The van der Waals surface area contributed by atoms with Crippen LogP contribution in [-0.4, -0.2) is 11.7 Å². The Morgan fingerprint density at radius 1 is 1.38 bits per heavy atom. The van der Waals surface area contributed by atoms with Gasteiger partial charge < -0.3 is 10.8 Å². The van der Waals surface area contributed by atoms with Crippen LogP contribution in [0.15, 0.2) is 24.3 Å². The lowest BCUT2D eigenvalue weighted by molar-refractivity contribution is 0.282. The van der Waals surface area contributed by atoms with Crippen LogP contribution in [0.25, 0.3) is 0 Å². The molecule has 68 valence electrons. The van der Waals surface area contributed by atoms with Crippen LogP contribution in [0.3, 0.4) is 0 Å². The molecule has 0 bridgehead atoms. The van der Waals surface area contributed by atoms with Gasteiger partial charge in [-0.25, -0.2) is 0 Å². The lowest BCUT2D eigenvalue weighted by atomic mass is 10.1. The molecule has 0 saturated heterocycles. The van der Waals surface area contributed by atoms with E-state index in [0.29, 0.717) is 13.0 Å². The third-order valence-corrected chi connectivity index (χ3v) is 1.61.